The molecule has 0 aliphatic carbocycles. The van der Waals surface area contributed by atoms with Crippen LogP contribution in [0.4, 0.5) is 5.69 Å². The Balaban J connectivity index is 1.45. The highest BCUT2D eigenvalue weighted by Gasteiger charge is 2.18. The molecule has 30 heavy (non-hydrogen) atoms. The minimum absolute atomic E-state index is 0.155. The fourth-order valence-corrected chi connectivity index (χ4v) is 3.92. The SMILES string of the molecule is CC(=O)N1CCN(c2ccc(/C=C/c3cc(Cl)cc(-c4cccnc4)c3)cc2)CC1. The van der Waals surface area contributed by atoms with Crippen LogP contribution in [0.3, 0.4) is 0 Å². The number of pyridine rings is 1. The summed E-state index contributed by atoms with van der Waals surface area (Å²) in [4.78, 5) is 19.9. The van der Waals surface area contributed by atoms with Crippen LogP contribution in [0, 0.1) is 0 Å². The first-order valence-electron chi connectivity index (χ1n) is 10.1. The predicted molar refractivity (Wildman–Crippen MR) is 125 cm³/mol. The van der Waals surface area contributed by atoms with Crippen LogP contribution in [0.2, 0.25) is 5.02 Å². The maximum Gasteiger partial charge on any atom is 0.219 e. The van der Waals surface area contributed by atoms with E-state index in [1.807, 2.05) is 35.4 Å². The lowest BCUT2D eigenvalue weighted by molar-refractivity contribution is -0.129. The summed E-state index contributed by atoms with van der Waals surface area (Å²) in [7, 11) is 0. The molecule has 4 rings (SSSR count). The van der Waals surface area contributed by atoms with Crippen molar-refractivity contribution in [2.45, 2.75) is 6.92 Å². The molecule has 1 aliphatic rings. The number of benzene rings is 2. The lowest BCUT2D eigenvalue weighted by Gasteiger charge is -2.35. The summed E-state index contributed by atoms with van der Waals surface area (Å²) in [6, 6.07) is 18.5. The first kappa shape index (κ1) is 20.2. The highest BCUT2D eigenvalue weighted by Crippen LogP contribution is 2.25. The normalized spacial score (nSPS) is 14.3. The van der Waals surface area contributed by atoms with Gasteiger partial charge in [0, 0.05) is 61.8 Å². The lowest BCUT2D eigenvalue weighted by Crippen LogP contribution is -2.48. The summed E-state index contributed by atoms with van der Waals surface area (Å²) in [5.74, 6) is 0.155. The Morgan fingerprint density at radius 2 is 1.67 bits per heavy atom. The third-order valence-corrected chi connectivity index (χ3v) is 5.58. The van der Waals surface area contributed by atoms with E-state index in [0.717, 1.165) is 48.4 Å². The van der Waals surface area contributed by atoms with Gasteiger partial charge in [0.1, 0.15) is 0 Å². The summed E-state index contributed by atoms with van der Waals surface area (Å²) in [6.07, 6.45) is 7.78. The van der Waals surface area contributed by atoms with E-state index in [4.69, 9.17) is 11.6 Å². The van der Waals surface area contributed by atoms with Gasteiger partial charge < -0.3 is 9.80 Å². The first-order chi connectivity index (χ1) is 14.6. The van der Waals surface area contributed by atoms with Gasteiger partial charge in [-0.15, -0.1) is 0 Å². The molecule has 0 unspecified atom stereocenters. The van der Waals surface area contributed by atoms with Crippen LogP contribution in [0.15, 0.2) is 67.0 Å². The molecule has 1 fully saturated rings. The van der Waals surface area contributed by atoms with Crippen LogP contribution in [-0.2, 0) is 4.79 Å². The number of anilines is 1. The number of nitrogens with zero attached hydrogens (tertiary/aromatic N) is 3. The average molecular weight is 418 g/mol. The molecule has 2 heterocycles. The van der Waals surface area contributed by atoms with Gasteiger partial charge in [0.25, 0.3) is 0 Å². The average Bonchev–Trinajstić information content (AvgIpc) is 2.78. The van der Waals surface area contributed by atoms with E-state index in [1.165, 1.54) is 5.69 Å². The first-order valence-corrected chi connectivity index (χ1v) is 10.5. The number of hydrogen-bond acceptors (Lipinski definition) is 3. The zero-order valence-electron chi connectivity index (χ0n) is 17.0. The molecule has 1 aromatic heterocycles. The zero-order chi connectivity index (χ0) is 20.9. The maximum atomic E-state index is 11.5. The van der Waals surface area contributed by atoms with Crippen LogP contribution in [0.5, 0.6) is 0 Å². The molecule has 0 N–H and O–H groups in total. The van der Waals surface area contributed by atoms with E-state index in [1.54, 1.807) is 13.1 Å². The van der Waals surface area contributed by atoms with E-state index in [9.17, 15) is 4.79 Å². The van der Waals surface area contributed by atoms with Crippen molar-refractivity contribution in [3.63, 3.8) is 0 Å². The summed E-state index contributed by atoms with van der Waals surface area (Å²) < 4.78 is 0. The number of rotatable bonds is 4. The van der Waals surface area contributed by atoms with E-state index in [2.05, 4.69) is 52.4 Å². The van der Waals surface area contributed by atoms with Gasteiger partial charge in [0.05, 0.1) is 0 Å². The molecule has 4 nitrogen and oxygen atoms in total. The Morgan fingerprint density at radius 3 is 2.33 bits per heavy atom. The smallest absolute Gasteiger partial charge is 0.219 e. The van der Waals surface area contributed by atoms with E-state index >= 15 is 0 Å². The van der Waals surface area contributed by atoms with Gasteiger partial charge >= 0.3 is 0 Å². The molecule has 5 heteroatoms. The number of carbonyl (C=O) groups excluding carboxylic acids is 1. The van der Waals surface area contributed by atoms with Crippen LogP contribution < -0.4 is 4.90 Å². The number of aromatic nitrogens is 1. The highest BCUT2D eigenvalue weighted by atomic mass is 35.5. The molecule has 0 bridgehead atoms. The largest absolute Gasteiger partial charge is 0.368 e. The van der Waals surface area contributed by atoms with E-state index < -0.39 is 0 Å². The van der Waals surface area contributed by atoms with Gasteiger partial charge in [-0.2, -0.15) is 0 Å². The van der Waals surface area contributed by atoms with Crippen molar-refractivity contribution >= 4 is 35.3 Å². The Labute approximate surface area is 182 Å². The van der Waals surface area contributed by atoms with Crippen molar-refractivity contribution in [3.8, 4) is 11.1 Å². The topological polar surface area (TPSA) is 36.4 Å². The fraction of sp³-hybridized carbons (Fsp3) is 0.200. The summed E-state index contributed by atoms with van der Waals surface area (Å²) in [6.45, 7) is 4.94. The molecule has 152 valence electrons. The molecular formula is C25H24ClN3O. The Morgan fingerprint density at radius 1 is 0.933 bits per heavy atom. The second-order valence-corrected chi connectivity index (χ2v) is 7.87. The van der Waals surface area contributed by atoms with Gasteiger partial charge in [-0.05, 0) is 53.1 Å². The van der Waals surface area contributed by atoms with E-state index in [0.29, 0.717) is 5.02 Å². The molecule has 0 spiro atoms. The molecule has 1 aliphatic heterocycles. The minimum atomic E-state index is 0.155. The molecule has 0 radical (unpaired) electrons. The zero-order valence-corrected chi connectivity index (χ0v) is 17.7. The van der Waals surface area contributed by atoms with Gasteiger partial charge in [-0.1, -0.05) is 42.0 Å². The van der Waals surface area contributed by atoms with Crippen LogP contribution in [0.25, 0.3) is 23.3 Å². The third kappa shape index (κ3) is 4.89. The molecule has 0 saturated carbocycles. The molecular weight excluding hydrogens is 394 g/mol. The second kappa shape index (κ2) is 9.14. The van der Waals surface area contributed by atoms with Crippen LogP contribution in [-0.4, -0.2) is 42.0 Å². The van der Waals surface area contributed by atoms with E-state index in [-0.39, 0.29) is 5.91 Å². The van der Waals surface area contributed by atoms with Gasteiger partial charge in [-0.3, -0.25) is 9.78 Å². The standard InChI is InChI=1S/C25H24ClN3O/c1-19(30)28-11-13-29(14-12-28)25-8-6-20(7-9-25)4-5-21-15-23(17-24(26)16-21)22-3-2-10-27-18-22/h2-10,15-18H,11-14H2,1H3/b5-4+. The second-order valence-electron chi connectivity index (χ2n) is 7.43. The van der Waals surface area contributed by atoms with Crippen molar-refractivity contribution in [2.75, 3.05) is 31.1 Å². The summed E-state index contributed by atoms with van der Waals surface area (Å²) >= 11 is 6.33. The molecule has 2 aromatic carbocycles. The van der Waals surface area contributed by atoms with Crippen molar-refractivity contribution in [1.29, 1.82) is 0 Å². The molecule has 3 aromatic rings. The lowest BCUT2D eigenvalue weighted by atomic mass is 10.0. The predicted octanol–water partition coefficient (Wildman–Crippen LogP) is 5.24. The van der Waals surface area contributed by atoms with Gasteiger partial charge in [0.15, 0.2) is 0 Å². The Hall–Kier alpha value is -3.11. The Kier molecular flexibility index (Phi) is 6.15. The molecule has 0 atom stereocenters. The number of amides is 1. The maximum absolute atomic E-state index is 11.5. The summed E-state index contributed by atoms with van der Waals surface area (Å²) in [5.41, 5.74) is 5.46. The highest BCUT2D eigenvalue weighted by molar-refractivity contribution is 6.31. The number of piperazine rings is 1. The van der Waals surface area contributed by atoms with Gasteiger partial charge in [-0.25, -0.2) is 0 Å². The van der Waals surface area contributed by atoms with Crippen molar-refractivity contribution in [3.05, 3.63) is 83.1 Å². The third-order valence-electron chi connectivity index (χ3n) is 5.37. The monoisotopic (exact) mass is 417 g/mol. The molecule has 1 amide bonds. The van der Waals surface area contributed by atoms with Crippen LogP contribution in [0.1, 0.15) is 18.1 Å². The van der Waals surface area contributed by atoms with Crippen molar-refractivity contribution in [2.24, 2.45) is 0 Å². The van der Waals surface area contributed by atoms with Crippen molar-refractivity contribution < 1.29 is 4.79 Å². The molecule has 1 saturated heterocycles. The number of hydrogen-bond donors (Lipinski definition) is 0. The summed E-state index contributed by atoms with van der Waals surface area (Å²) in [5, 5.41) is 0.705. The van der Waals surface area contributed by atoms with Crippen LogP contribution >= 0.6 is 11.6 Å². The Bertz CT molecular complexity index is 1040. The quantitative estimate of drug-likeness (QED) is 0.544. The minimum Gasteiger partial charge on any atom is -0.368 e. The fourth-order valence-electron chi connectivity index (χ4n) is 3.68. The number of carbonyl (C=O) groups is 1. The number of halogens is 1. The van der Waals surface area contributed by atoms with Crippen molar-refractivity contribution in [1.82, 2.24) is 9.88 Å². The van der Waals surface area contributed by atoms with Gasteiger partial charge in [0.2, 0.25) is 5.91 Å².